The number of pyridine rings is 1. The van der Waals surface area contributed by atoms with E-state index >= 15 is 0 Å². The van der Waals surface area contributed by atoms with E-state index in [1.165, 1.54) is 11.3 Å². The summed E-state index contributed by atoms with van der Waals surface area (Å²) in [5.41, 5.74) is 1.98. The fourth-order valence-corrected chi connectivity index (χ4v) is 2.94. The van der Waals surface area contributed by atoms with Gasteiger partial charge < -0.3 is 10.1 Å². The smallest absolute Gasteiger partial charge is 0.262 e. The minimum atomic E-state index is -0.0936. The topological polar surface area (TPSA) is 51.2 Å². The first kappa shape index (κ1) is 16.0. The molecule has 1 aromatic carbocycles. The van der Waals surface area contributed by atoms with Crippen molar-refractivity contribution in [3.05, 3.63) is 58.4 Å². The number of nitrogens with one attached hydrogen (secondary N) is 1. The lowest BCUT2D eigenvalue weighted by Crippen LogP contribution is -2.22. The molecule has 1 amide bonds. The molecule has 4 nitrogen and oxygen atoms in total. The molecular formula is C19H16N2O2S. The van der Waals surface area contributed by atoms with Gasteiger partial charge >= 0.3 is 0 Å². The van der Waals surface area contributed by atoms with Crippen molar-refractivity contribution in [2.75, 3.05) is 13.2 Å². The second kappa shape index (κ2) is 7.62. The van der Waals surface area contributed by atoms with Crippen molar-refractivity contribution >= 4 is 28.1 Å². The first-order chi connectivity index (χ1) is 11.7. The van der Waals surface area contributed by atoms with Crippen LogP contribution in [0.4, 0.5) is 0 Å². The van der Waals surface area contributed by atoms with E-state index in [4.69, 9.17) is 4.74 Å². The number of hydrogen-bond acceptors (Lipinski definition) is 4. The van der Waals surface area contributed by atoms with Crippen LogP contribution in [0.1, 0.15) is 15.2 Å². The van der Waals surface area contributed by atoms with Gasteiger partial charge in [0.05, 0.1) is 16.9 Å². The van der Waals surface area contributed by atoms with Gasteiger partial charge in [0.1, 0.15) is 12.4 Å². The zero-order valence-corrected chi connectivity index (χ0v) is 14.0. The van der Waals surface area contributed by atoms with Crippen LogP contribution < -0.4 is 10.1 Å². The van der Waals surface area contributed by atoms with Crippen LogP contribution in [-0.4, -0.2) is 24.0 Å². The largest absolute Gasteiger partial charge is 0.481 e. The summed E-state index contributed by atoms with van der Waals surface area (Å²) in [6, 6.07) is 11.5. The number of hydrogen-bond donors (Lipinski definition) is 1. The highest BCUT2D eigenvalue weighted by Crippen LogP contribution is 2.18. The summed E-state index contributed by atoms with van der Waals surface area (Å²) in [5.74, 6) is 6.41. The van der Waals surface area contributed by atoms with Crippen molar-refractivity contribution in [2.24, 2.45) is 0 Å². The quantitative estimate of drug-likeness (QED) is 0.743. The predicted molar refractivity (Wildman–Crippen MR) is 96.4 cm³/mol. The van der Waals surface area contributed by atoms with E-state index in [1.54, 1.807) is 6.20 Å². The molecule has 3 rings (SSSR count). The molecule has 0 spiro atoms. The number of ether oxygens (including phenoxy) is 1. The third kappa shape index (κ3) is 4.12. The maximum absolute atomic E-state index is 11.8. The van der Waals surface area contributed by atoms with Crippen LogP contribution in [0.15, 0.2) is 48.0 Å². The summed E-state index contributed by atoms with van der Waals surface area (Å²) in [4.78, 5) is 16.8. The van der Waals surface area contributed by atoms with E-state index in [9.17, 15) is 4.79 Å². The molecule has 0 aliphatic heterocycles. The van der Waals surface area contributed by atoms with Crippen LogP contribution in [0.3, 0.4) is 0 Å². The van der Waals surface area contributed by atoms with Crippen molar-refractivity contribution in [1.82, 2.24) is 10.3 Å². The van der Waals surface area contributed by atoms with Crippen molar-refractivity contribution < 1.29 is 9.53 Å². The van der Waals surface area contributed by atoms with Crippen molar-refractivity contribution in [3.63, 3.8) is 0 Å². The number of carbonyl (C=O) groups excluding carboxylic acids is 1. The number of amides is 1. The van der Waals surface area contributed by atoms with Crippen LogP contribution in [0.2, 0.25) is 0 Å². The first-order valence-corrected chi connectivity index (χ1v) is 8.37. The predicted octanol–water partition coefficient (Wildman–Crippen LogP) is 3.42. The maximum atomic E-state index is 11.8. The highest BCUT2D eigenvalue weighted by atomic mass is 32.1. The van der Waals surface area contributed by atoms with Gasteiger partial charge in [0, 0.05) is 17.6 Å². The Morgan fingerprint density at radius 1 is 1.29 bits per heavy atom. The molecule has 0 fully saturated rings. The fraction of sp³-hybridized carbons (Fsp3) is 0.158. The van der Waals surface area contributed by atoms with Gasteiger partial charge in [-0.1, -0.05) is 17.9 Å². The lowest BCUT2D eigenvalue weighted by molar-refractivity contribution is 0.0962. The molecule has 0 unspecified atom stereocenters. The molecule has 120 valence electrons. The zero-order chi connectivity index (χ0) is 16.8. The summed E-state index contributed by atoms with van der Waals surface area (Å²) in [6.07, 6.45) is 1.75. The highest BCUT2D eigenvalue weighted by molar-refractivity contribution is 7.12. The van der Waals surface area contributed by atoms with E-state index < -0.39 is 0 Å². The molecule has 24 heavy (non-hydrogen) atoms. The summed E-state index contributed by atoms with van der Waals surface area (Å²) in [6.45, 7) is 2.54. The molecule has 5 heteroatoms. The van der Waals surface area contributed by atoms with Crippen LogP contribution in [-0.2, 0) is 0 Å². The maximum Gasteiger partial charge on any atom is 0.262 e. The van der Waals surface area contributed by atoms with Crippen LogP contribution in [0.25, 0.3) is 10.9 Å². The minimum absolute atomic E-state index is 0.0936. The average molecular weight is 336 g/mol. The second-order valence-electron chi connectivity index (χ2n) is 5.17. The second-order valence-corrected chi connectivity index (χ2v) is 6.08. The van der Waals surface area contributed by atoms with Crippen LogP contribution in [0.5, 0.6) is 5.75 Å². The monoisotopic (exact) mass is 336 g/mol. The third-order valence-electron chi connectivity index (χ3n) is 3.31. The summed E-state index contributed by atoms with van der Waals surface area (Å²) in [5, 5.41) is 5.79. The molecule has 1 N–H and O–H groups in total. The Hall–Kier alpha value is -2.84. The molecule has 0 aliphatic rings. The molecule has 0 saturated carbocycles. The van der Waals surface area contributed by atoms with E-state index in [-0.39, 0.29) is 12.5 Å². The SMILES string of the molecule is Cc1csc(C(=O)NCC#CCOc2ccc3cccnc3c2)c1. The Balaban J connectivity index is 1.46. The molecule has 2 heterocycles. The average Bonchev–Trinajstić information content (AvgIpc) is 3.04. The Labute approximate surface area is 144 Å². The minimum Gasteiger partial charge on any atom is -0.481 e. The number of benzene rings is 1. The Morgan fingerprint density at radius 2 is 2.21 bits per heavy atom. The van der Waals surface area contributed by atoms with E-state index in [0.29, 0.717) is 11.4 Å². The number of aromatic nitrogens is 1. The van der Waals surface area contributed by atoms with Gasteiger partial charge in [0.15, 0.2) is 0 Å². The first-order valence-electron chi connectivity index (χ1n) is 7.49. The number of rotatable bonds is 4. The molecule has 2 aromatic heterocycles. The molecule has 0 radical (unpaired) electrons. The van der Waals surface area contributed by atoms with Gasteiger partial charge in [-0.3, -0.25) is 9.78 Å². The number of fused-ring (bicyclic) bond motifs is 1. The highest BCUT2D eigenvalue weighted by Gasteiger charge is 2.05. The van der Waals surface area contributed by atoms with Gasteiger partial charge in [0.2, 0.25) is 0 Å². The zero-order valence-electron chi connectivity index (χ0n) is 13.2. The summed E-state index contributed by atoms with van der Waals surface area (Å²) in [7, 11) is 0. The molecule has 3 aromatic rings. The third-order valence-corrected chi connectivity index (χ3v) is 4.35. The summed E-state index contributed by atoms with van der Waals surface area (Å²) < 4.78 is 5.58. The van der Waals surface area contributed by atoms with Gasteiger partial charge in [0.25, 0.3) is 5.91 Å². The Kier molecular flexibility index (Phi) is 5.09. The normalized spacial score (nSPS) is 10.0. The summed E-state index contributed by atoms with van der Waals surface area (Å²) >= 11 is 1.43. The lowest BCUT2D eigenvalue weighted by Gasteiger charge is -2.03. The molecule has 0 atom stereocenters. The fourth-order valence-electron chi connectivity index (χ4n) is 2.13. The van der Waals surface area contributed by atoms with Gasteiger partial charge in [-0.25, -0.2) is 0 Å². The van der Waals surface area contributed by atoms with Crippen molar-refractivity contribution in [1.29, 1.82) is 0 Å². The lowest BCUT2D eigenvalue weighted by atomic mass is 10.2. The van der Waals surface area contributed by atoms with Gasteiger partial charge in [-0.2, -0.15) is 0 Å². The van der Waals surface area contributed by atoms with Gasteiger partial charge in [-0.05, 0) is 42.1 Å². The van der Waals surface area contributed by atoms with Crippen LogP contribution in [0, 0.1) is 18.8 Å². The molecular weight excluding hydrogens is 320 g/mol. The van der Waals surface area contributed by atoms with Crippen molar-refractivity contribution in [2.45, 2.75) is 6.92 Å². The molecule has 0 aliphatic carbocycles. The van der Waals surface area contributed by atoms with Crippen LogP contribution >= 0.6 is 11.3 Å². The van der Waals surface area contributed by atoms with Crippen molar-refractivity contribution in [3.8, 4) is 17.6 Å². The Morgan fingerprint density at radius 3 is 3.04 bits per heavy atom. The number of carbonyl (C=O) groups is 1. The molecule has 0 bridgehead atoms. The number of thiophene rings is 1. The van der Waals surface area contributed by atoms with E-state index in [0.717, 1.165) is 22.2 Å². The number of aryl methyl sites for hydroxylation is 1. The molecule has 0 saturated heterocycles. The van der Waals surface area contributed by atoms with E-state index in [2.05, 4.69) is 22.1 Å². The Bertz CT molecular complexity index is 922. The van der Waals surface area contributed by atoms with E-state index in [1.807, 2.05) is 48.7 Å². The standard InChI is InChI=1S/C19H16N2O2S/c1-14-11-18(24-13-14)19(22)21-8-2-3-10-23-16-7-6-15-5-4-9-20-17(15)12-16/h4-7,9,11-13H,8,10H2,1H3,(H,21,22). The van der Waals surface area contributed by atoms with Gasteiger partial charge in [-0.15, -0.1) is 11.3 Å². The number of nitrogens with zero attached hydrogens (tertiary/aromatic N) is 1.